The van der Waals surface area contributed by atoms with Crippen LogP contribution in [0.25, 0.3) is 65.8 Å². The molecular weight excluding hydrogens is 1190 g/mol. The van der Waals surface area contributed by atoms with Crippen molar-refractivity contribution in [1.82, 2.24) is 0 Å². The van der Waals surface area contributed by atoms with Gasteiger partial charge in [0.1, 0.15) is 11.2 Å². The van der Waals surface area contributed by atoms with Crippen molar-refractivity contribution in [1.29, 1.82) is 0 Å². The maximum atomic E-state index is 7.82. The highest BCUT2D eigenvalue weighted by Crippen LogP contribution is 2.61. The first-order chi connectivity index (χ1) is 47.3. The van der Waals surface area contributed by atoms with E-state index in [2.05, 4.69) is 380 Å². The van der Waals surface area contributed by atoms with E-state index in [0.717, 1.165) is 89.0 Å². The molecule has 17 rings (SSSR count). The van der Waals surface area contributed by atoms with Gasteiger partial charge in [-0.25, -0.2) is 0 Å². The molecule has 1 aliphatic rings. The van der Waals surface area contributed by atoms with Crippen LogP contribution in [-0.4, -0.2) is 8.07 Å². The lowest BCUT2D eigenvalue weighted by Crippen LogP contribution is -2.74. The predicted octanol–water partition coefficient (Wildman–Crippen LogP) is 22.2. The zero-order chi connectivity index (χ0) is 65.8. The van der Waals surface area contributed by atoms with Gasteiger partial charge in [-0.05, 0) is 149 Å². The second-order valence-electron chi connectivity index (χ2n) is 28.3. The van der Waals surface area contributed by atoms with Gasteiger partial charge < -0.3 is 18.6 Å². The highest BCUT2D eigenvalue weighted by molar-refractivity contribution is 7.20. The molecule has 2 heterocycles. The lowest BCUT2D eigenvalue weighted by atomic mass is 9.67. The van der Waals surface area contributed by atoms with Gasteiger partial charge in [-0.2, -0.15) is 0 Å². The number of fused-ring (bicyclic) bond motifs is 11. The van der Waals surface area contributed by atoms with Crippen LogP contribution in [0.1, 0.15) is 80.5 Å². The fourth-order valence-electron chi connectivity index (χ4n) is 16.1. The normalized spacial score (nSPS) is 13.0. The smallest absolute Gasteiger partial charge is 0.184 e. The first-order valence-electron chi connectivity index (χ1n) is 34.0. The number of furan rings is 2. The largest absolute Gasteiger partial charge is 0.454 e. The second-order valence-corrected chi connectivity index (χ2v) is 32.1. The number of benzene rings is 14. The molecule has 0 bridgehead atoms. The van der Waals surface area contributed by atoms with Gasteiger partial charge in [0.2, 0.25) is 0 Å². The van der Waals surface area contributed by atoms with Crippen molar-refractivity contribution in [2.45, 2.75) is 64.7 Å². The van der Waals surface area contributed by atoms with Gasteiger partial charge in [0.05, 0.1) is 22.5 Å². The van der Waals surface area contributed by atoms with E-state index < -0.39 is 13.5 Å². The van der Waals surface area contributed by atoms with Crippen LogP contribution in [0, 0.1) is 6.92 Å². The Labute approximate surface area is 569 Å². The molecule has 97 heavy (non-hydrogen) atoms. The van der Waals surface area contributed by atoms with Gasteiger partial charge in [0.25, 0.3) is 0 Å². The average Bonchev–Trinajstić information content (AvgIpc) is 1.55. The van der Waals surface area contributed by atoms with E-state index in [1.165, 1.54) is 70.6 Å². The quantitative estimate of drug-likeness (QED) is 0.0901. The molecule has 14 aromatic carbocycles. The molecule has 0 fully saturated rings. The Bertz CT molecular complexity index is 5510. The highest BCUT2D eigenvalue weighted by Gasteiger charge is 2.49. The van der Waals surface area contributed by atoms with Gasteiger partial charge in [0, 0.05) is 44.0 Å². The van der Waals surface area contributed by atoms with Gasteiger partial charge in [-0.15, -0.1) is 0 Å². The van der Waals surface area contributed by atoms with Gasteiger partial charge >= 0.3 is 0 Å². The minimum absolute atomic E-state index is 0.0505. The van der Waals surface area contributed by atoms with Crippen LogP contribution >= 0.6 is 0 Å². The molecule has 0 saturated carbocycles. The average molecular weight is 1270 g/mol. The van der Waals surface area contributed by atoms with Crippen molar-refractivity contribution in [3.8, 4) is 11.1 Å². The zero-order valence-electron chi connectivity index (χ0n) is 55.8. The van der Waals surface area contributed by atoms with Gasteiger partial charge in [0.15, 0.2) is 19.2 Å². The standard InChI is InChI=1S/C92H74N2O2Si/c1-61-29-25-42-74-75-43-27-47-82(88(75)95-86(61)74)94(67-55-51-63(52-56-67)91(5,6)7)83-60-80-85(73-41-24-23-40-72(73)83)78-58-57-68(59-79(78)92(80,64-30-13-8-14-31-64)65-32-15-9-16-33-65)93(66-53-49-62(50-54-66)90(2,3)4)81-46-26-44-76-77-45-28-48-84(89(77)96-87(76)81)97(69-34-17-10-18-35-69,70-36-19-11-20-37-70)71-38-21-12-22-39-71/h8-60H,1-7H3. The van der Waals surface area contributed by atoms with Crippen molar-refractivity contribution in [3.63, 3.8) is 0 Å². The number of nitrogens with zero attached hydrogens (tertiary/aromatic N) is 2. The third-order valence-electron chi connectivity index (χ3n) is 20.7. The van der Waals surface area contributed by atoms with E-state index in [-0.39, 0.29) is 10.8 Å². The van der Waals surface area contributed by atoms with E-state index in [4.69, 9.17) is 8.83 Å². The Kier molecular flexibility index (Phi) is 14.1. The van der Waals surface area contributed by atoms with Crippen LogP contribution in [-0.2, 0) is 16.2 Å². The third-order valence-corrected chi connectivity index (χ3v) is 25.5. The number of hydrogen-bond donors (Lipinski definition) is 0. The predicted molar refractivity (Wildman–Crippen MR) is 411 cm³/mol. The summed E-state index contributed by atoms with van der Waals surface area (Å²) in [6.45, 7) is 15.9. The van der Waals surface area contributed by atoms with Crippen molar-refractivity contribution in [2.75, 3.05) is 9.80 Å². The summed E-state index contributed by atoms with van der Waals surface area (Å²) in [5.41, 5.74) is 19.3. The molecule has 0 atom stereocenters. The van der Waals surface area contributed by atoms with Crippen LogP contribution in [0.15, 0.2) is 330 Å². The van der Waals surface area contributed by atoms with Crippen LogP contribution < -0.4 is 30.5 Å². The molecule has 2 aromatic heterocycles. The maximum Gasteiger partial charge on any atom is 0.184 e. The Morgan fingerprint density at radius 1 is 0.309 bits per heavy atom. The fraction of sp³-hybridized carbons (Fsp3) is 0.109. The summed E-state index contributed by atoms with van der Waals surface area (Å²) in [4.78, 5) is 4.93. The monoisotopic (exact) mass is 1270 g/mol. The number of para-hydroxylation sites is 4. The van der Waals surface area contributed by atoms with Crippen molar-refractivity contribution in [3.05, 3.63) is 360 Å². The third kappa shape index (κ3) is 9.38. The maximum absolute atomic E-state index is 7.82. The number of hydrogen-bond acceptors (Lipinski definition) is 4. The Hall–Kier alpha value is -11.2. The molecule has 0 saturated heterocycles. The summed E-state index contributed by atoms with van der Waals surface area (Å²) in [7, 11) is -3.06. The summed E-state index contributed by atoms with van der Waals surface area (Å²) in [6.07, 6.45) is 0. The lowest BCUT2D eigenvalue weighted by Gasteiger charge is -2.36. The molecule has 1 aliphatic carbocycles. The number of aryl methyl sites for hydroxylation is 1. The number of rotatable bonds is 12. The molecule has 4 nitrogen and oxygen atoms in total. The van der Waals surface area contributed by atoms with E-state index in [1.54, 1.807) is 0 Å². The minimum Gasteiger partial charge on any atom is -0.454 e. The Balaban J connectivity index is 0.945. The molecule has 0 unspecified atom stereocenters. The van der Waals surface area contributed by atoms with Crippen molar-refractivity contribution >= 4 is 118 Å². The fourth-order valence-corrected chi connectivity index (χ4v) is 21.0. The van der Waals surface area contributed by atoms with Crippen LogP contribution in [0.5, 0.6) is 0 Å². The molecule has 468 valence electrons. The Morgan fingerprint density at radius 3 is 1.23 bits per heavy atom. The molecule has 0 amide bonds. The van der Waals surface area contributed by atoms with Crippen LogP contribution in [0.3, 0.4) is 0 Å². The Morgan fingerprint density at radius 2 is 0.711 bits per heavy atom. The number of anilines is 6. The van der Waals surface area contributed by atoms with E-state index in [9.17, 15) is 0 Å². The molecule has 5 heteroatoms. The van der Waals surface area contributed by atoms with Crippen molar-refractivity contribution in [2.24, 2.45) is 0 Å². The summed E-state index contributed by atoms with van der Waals surface area (Å²) in [5.74, 6) is 0. The molecule has 16 aromatic rings. The molecule has 0 aliphatic heterocycles. The zero-order valence-corrected chi connectivity index (χ0v) is 56.8. The van der Waals surface area contributed by atoms with Crippen LogP contribution in [0.2, 0.25) is 0 Å². The second kappa shape index (κ2) is 23.0. The summed E-state index contributed by atoms with van der Waals surface area (Å²) < 4.78 is 15.0. The molecule has 0 spiro atoms. The van der Waals surface area contributed by atoms with Gasteiger partial charge in [-0.3, -0.25) is 0 Å². The lowest BCUT2D eigenvalue weighted by molar-refractivity contribution is 0.590. The molecular formula is C92H74N2O2Si. The van der Waals surface area contributed by atoms with Gasteiger partial charge in [-0.1, -0.05) is 308 Å². The van der Waals surface area contributed by atoms with E-state index >= 15 is 0 Å². The van der Waals surface area contributed by atoms with Crippen LogP contribution in [0.4, 0.5) is 34.1 Å². The van der Waals surface area contributed by atoms with Crippen molar-refractivity contribution < 1.29 is 8.83 Å². The summed E-state index contributed by atoms with van der Waals surface area (Å²) >= 11 is 0. The van der Waals surface area contributed by atoms with E-state index in [1.807, 2.05) is 0 Å². The first kappa shape index (κ1) is 59.5. The molecule has 0 radical (unpaired) electrons. The topological polar surface area (TPSA) is 32.8 Å². The summed E-state index contributed by atoms with van der Waals surface area (Å²) in [5, 5.41) is 11.7. The first-order valence-corrected chi connectivity index (χ1v) is 36.0. The minimum atomic E-state index is -3.06. The summed E-state index contributed by atoms with van der Waals surface area (Å²) in [6, 6.07) is 120. The highest BCUT2D eigenvalue weighted by atomic mass is 28.3. The molecule has 0 N–H and O–H groups in total. The SMILES string of the molecule is Cc1cccc2c1oc1c(N(c3ccc(C(C)(C)C)cc3)c3cc4c(c5ccccc35)-c3ccc(N(c5ccc(C(C)(C)C)cc5)c5cccc6c5oc5c([Si](c7ccccc7)(c7ccccc7)c7ccccc7)cccc56)cc3C4(c3ccccc3)c3ccccc3)cccc12. The van der Waals surface area contributed by atoms with E-state index in [0.29, 0.717) is 0 Å².